The molecule has 2 N–H and O–H groups in total. The van der Waals surface area contributed by atoms with Crippen molar-refractivity contribution in [2.75, 3.05) is 7.05 Å². The lowest BCUT2D eigenvalue weighted by Gasteiger charge is -2.15. The average Bonchev–Trinajstić information content (AvgIpc) is 3.22. The molecular formula is C22H27N5. The highest BCUT2D eigenvalue weighted by Gasteiger charge is 2.06. The first kappa shape index (κ1) is 18.7. The van der Waals surface area contributed by atoms with Gasteiger partial charge in [0.15, 0.2) is 5.96 Å². The largest absolute Gasteiger partial charge is 0.352 e. The lowest BCUT2D eigenvalue weighted by atomic mass is 10.1. The molecule has 0 fully saturated rings. The quantitative estimate of drug-likeness (QED) is 0.501. The normalized spacial score (nSPS) is 11.4. The topological polar surface area (TPSA) is 54.2 Å². The fourth-order valence-corrected chi connectivity index (χ4v) is 3.11. The van der Waals surface area contributed by atoms with Gasteiger partial charge >= 0.3 is 0 Å². The first-order chi connectivity index (χ1) is 13.3. The van der Waals surface area contributed by atoms with Crippen LogP contribution in [0.2, 0.25) is 0 Å². The third-order valence-corrected chi connectivity index (χ3v) is 4.63. The van der Waals surface area contributed by atoms with E-state index in [1.54, 1.807) is 13.2 Å². The molecule has 140 valence electrons. The smallest absolute Gasteiger partial charge is 0.191 e. The van der Waals surface area contributed by atoms with Crippen molar-refractivity contribution in [3.8, 4) is 0 Å². The van der Waals surface area contributed by atoms with Gasteiger partial charge in [0.05, 0.1) is 6.54 Å². The molecule has 2 aromatic carbocycles. The number of nitrogens with one attached hydrogen (secondary N) is 2. The van der Waals surface area contributed by atoms with Crippen molar-refractivity contribution in [1.29, 1.82) is 0 Å². The number of hydrogen-bond donors (Lipinski definition) is 2. The van der Waals surface area contributed by atoms with E-state index in [1.165, 1.54) is 22.3 Å². The minimum absolute atomic E-state index is 0.715. The van der Waals surface area contributed by atoms with Crippen LogP contribution in [0.4, 0.5) is 0 Å². The maximum atomic E-state index is 4.36. The second-order valence-corrected chi connectivity index (χ2v) is 6.37. The van der Waals surface area contributed by atoms with Gasteiger partial charge in [0.25, 0.3) is 0 Å². The van der Waals surface area contributed by atoms with Gasteiger partial charge in [-0.1, -0.05) is 55.5 Å². The monoisotopic (exact) mass is 361 g/mol. The predicted molar refractivity (Wildman–Crippen MR) is 111 cm³/mol. The minimum Gasteiger partial charge on any atom is -0.352 e. The standard InChI is InChI=1S/C22H27N5/c1-3-18-9-4-5-10-19(18)15-24-22(23-2)25-16-20-11-6-7-12-21(20)17-27-14-8-13-26-27/h4-14H,3,15-17H2,1-2H3,(H2,23,24,25). The zero-order valence-corrected chi connectivity index (χ0v) is 16.0. The molecule has 27 heavy (non-hydrogen) atoms. The molecule has 1 heterocycles. The molecule has 0 bridgehead atoms. The summed E-state index contributed by atoms with van der Waals surface area (Å²) in [6.45, 7) is 4.42. The molecule has 3 aromatic rings. The van der Waals surface area contributed by atoms with Crippen molar-refractivity contribution in [2.45, 2.75) is 33.0 Å². The lowest BCUT2D eigenvalue weighted by molar-refractivity contribution is 0.677. The molecule has 0 spiro atoms. The molecule has 0 unspecified atom stereocenters. The van der Waals surface area contributed by atoms with Crippen LogP contribution in [0.1, 0.15) is 29.2 Å². The highest BCUT2D eigenvalue weighted by Crippen LogP contribution is 2.11. The Kier molecular flexibility index (Phi) is 6.63. The summed E-state index contributed by atoms with van der Waals surface area (Å²) in [5.74, 6) is 0.801. The van der Waals surface area contributed by atoms with Crippen molar-refractivity contribution >= 4 is 5.96 Å². The number of aromatic nitrogens is 2. The highest BCUT2D eigenvalue weighted by molar-refractivity contribution is 5.79. The van der Waals surface area contributed by atoms with E-state index in [-0.39, 0.29) is 0 Å². The Labute approximate surface area is 161 Å². The highest BCUT2D eigenvalue weighted by atomic mass is 15.3. The number of hydrogen-bond acceptors (Lipinski definition) is 2. The zero-order chi connectivity index (χ0) is 18.9. The third-order valence-electron chi connectivity index (χ3n) is 4.63. The molecule has 5 nitrogen and oxygen atoms in total. The average molecular weight is 361 g/mol. The lowest BCUT2D eigenvalue weighted by Crippen LogP contribution is -2.36. The maximum absolute atomic E-state index is 4.36. The molecule has 0 aliphatic rings. The Morgan fingerprint density at radius 3 is 2.04 bits per heavy atom. The molecule has 5 heteroatoms. The van der Waals surface area contributed by atoms with Gasteiger partial charge in [0.1, 0.15) is 0 Å². The van der Waals surface area contributed by atoms with Crippen LogP contribution in [0.25, 0.3) is 0 Å². The van der Waals surface area contributed by atoms with E-state index in [0.717, 1.165) is 25.5 Å². The van der Waals surface area contributed by atoms with Crippen LogP contribution in [0, 0.1) is 0 Å². The van der Waals surface area contributed by atoms with Gasteiger partial charge in [-0.2, -0.15) is 5.10 Å². The molecule has 0 aliphatic heterocycles. The van der Waals surface area contributed by atoms with Crippen molar-refractivity contribution in [3.63, 3.8) is 0 Å². The first-order valence-corrected chi connectivity index (χ1v) is 9.35. The van der Waals surface area contributed by atoms with Crippen molar-refractivity contribution < 1.29 is 0 Å². The minimum atomic E-state index is 0.715. The van der Waals surface area contributed by atoms with E-state index >= 15 is 0 Å². The number of rotatable bonds is 7. The van der Waals surface area contributed by atoms with E-state index in [4.69, 9.17) is 0 Å². The number of aliphatic imine (C=N–C) groups is 1. The van der Waals surface area contributed by atoms with Gasteiger partial charge in [0, 0.05) is 32.5 Å². The van der Waals surface area contributed by atoms with Gasteiger partial charge in [-0.05, 0) is 34.7 Å². The van der Waals surface area contributed by atoms with Crippen molar-refractivity contribution in [3.05, 3.63) is 89.2 Å². The van der Waals surface area contributed by atoms with Crippen LogP contribution in [0.5, 0.6) is 0 Å². The van der Waals surface area contributed by atoms with E-state index in [1.807, 2.05) is 16.9 Å². The molecule has 1 aromatic heterocycles. The van der Waals surface area contributed by atoms with Gasteiger partial charge in [-0.15, -0.1) is 0 Å². The van der Waals surface area contributed by atoms with E-state index in [9.17, 15) is 0 Å². The van der Waals surface area contributed by atoms with Crippen molar-refractivity contribution in [1.82, 2.24) is 20.4 Å². The van der Waals surface area contributed by atoms with Gasteiger partial charge in [-0.3, -0.25) is 9.67 Å². The molecule has 0 amide bonds. The van der Waals surface area contributed by atoms with E-state index < -0.39 is 0 Å². The Balaban J connectivity index is 1.60. The van der Waals surface area contributed by atoms with Crippen LogP contribution in [0.15, 0.2) is 72.0 Å². The summed E-state index contributed by atoms with van der Waals surface area (Å²) < 4.78 is 1.94. The SMILES string of the molecule is CCc1ccccc1CNC(=NC)NCc1ccccc1Cn1cccn1. The Morgan fingerprint density at radius 1 is 0.889 bits per heavy atom. The summed E-state index contributed by atoms with van der Waals surface area (Å²) in [7, 11) is 1.80. The summed E-state index contributed by atoms with van der Waals surface area (Å²) in [6.07, 6.45) is 4.82. The van der Waals surface area contributed by atoms with E-state index in [0.29, 0.717) is 6.54 Å². The number of guanidine groups is 1. The molecule has 0 aliphatic carbocycles. The number of nitrogens with zero attached hydrogens (tertiary/aromatic N) is 3. The second-order valence-electron chi connectivity index (χ2n) is 6.37. The summed E-state index contributed by atoms with van der Waals surface area (Å²) in [5.41, 5.74) is 5.16. The van der Waals surface area contributed by atoms with Crippen LogP contribution in [-0.2, 0) is 26.1 Å². The molecule has 0 saturated heterocycles. The molecule has 3 rings (SSSR count). The fraction of sp³-hybridized carbons (Fsp3) is 0.273. The summed E-state index contributed by atoms with van der Waals surface area (Å²) in [6, 6.07) is 18.9. The number of aryl methyl sites for hydroxylation is 1. The third kappa shape index (κ3) is 5.20. The maximum Gasteiger partial charge on any atom is 0.191 e. The Bertz CT molecular complexity index is 868. The first-order valence-electron chi connectivity index (χ1n) is 9.35. The predicted octanol–water partition coefficient (Wildman–Crippen LogP) is 3.36. The van der Waals surface area contributed by atoms with Gasteiger partial charge < -0.3 is 10.6 Å². The van der Waals surface area contributed by atoms with Crippen LogP contribution < -0.4 is 10.6 Å². The van der Waals surface area contributed by atoms with Crippen LogP contribution >= 0.6 is 0 Å². The molecule has 0 radical (unpaired) electrons. The molecule has 0 saturated carbocycles. The summed E-state index contributed by atoms with van der Waals surface area (Å²) in [5, 5.41) is 11.1. The second kappa shape index (κ2) is 9.57. The van der Waals surface area contributed by atoms with Crippen LogP contribution in [-0.4, -0.2) is 22.8 Å². The van der Waals surface area contributed by atoms with Gasteiger partial charge in [0.2, 0.25) is 0 Å². The van der Waals surface area contributed by atoms with Crippen molar-refractivity contribution in [2.24, 2.45) is 4.99 Å². The Morgan fingerprint density at radius 2 is 1.48 bits per heavy atom. The fourth-order valence-electron chi connectivity index (χ4n) is 3.11. The molecule has 0 atom stereocenters. The number of benzene rings is 2. The van der Waals surface area contributed by atoms with Crippen LogP contribution in [0.3, 0.4) is 0 Å². The zero-order valence-electron chi connectivity index (χ0n) is 16.0. The molecular weight excluding hydrogens is 334 g/mol. The Hall–Kier alpha value is -3.08. The van der Waals surface area contributed by atoms with E-state index in [2.05, 4.69) is 76.2 Å². The summed E-state index contributed by atoms with van der Waals surface area (Å²) >= 11 is 0. The summed E-state index contributed by atoms with van der Waals surface area (Å²) in [4.78, 5) is 4.36. The van der Waals surface area contributed by atoms with Gasteiger partial charge in [-0.25, -0.2) is 0 Å².